The highest BCUT2D eigenvalue weighted by molar-refractivity contribution is 5.69. The molecule has 0 saturated heterocycles. The molecule has 0 unspecified atom stereocenters. The molecule has 0 atom stereocenters. The standard InChI is InChI=1S/C22H30O4/c1-24-20-14-17(8-10-21(23)25-2)7-9-19(20)26-16-18-6-5-13-22(15-18)11-3-4-12-22/h7,9,14-15H,3-6,8,10-13,16H2,1-2H3. The van der Waals surface area contributed by atoms with E-state index in [1.807, 2.05) is 18.2 Å². The third-order valence-corrected chi connectivity index (χ3v) is 5.77. The van der Waals surface area contributed by atoms with E-state index in [2.05, 4.69) is 6.08 Å². The van der Waals surface area contributed by atoms with Crippen LogP contribution in [0.4, 0.5) is 0 Å². The molecule has 0 heterocycles. The normalized spacial score (nSPS) is 18.5. The van der Waals surface area contributed by atoms with Crippen LogP contribution in [0.25, 0.3) is 0 Å². The molecule has 2 aliphatic rings. The maximum absolute atomic E-state index is 11.3. The van der Waals surface area contributed by atoms with E-state index in [0.717, 1.165) is 23.5 Å². The maximum atomic E-state index is 11.3. The number of carbonyl (C=O) groups excluding carboxylic acids is 1. The summed E-state index contributed by atoms with van der Waals surface area (Å²) in [6.45, 7) is 0.639. The molecule has 4 heteroatoms. The predicted octanol–water partition coefficient (Wildman–Crippen LogP) is 4.85. The van der Waals surface area contributed by atoms with E-state index >= 15 is 0 Å². The lowest BCUT2D eigenvalue weighted by atomic mass is 9.75. The predicted molar refractivity (Wildman–Crippen MR) is 102 cm³/mol. The van der Waals surface area contributed by atoms with Crippen molar-refractivity contribution in [1.82, 2.24) is 0 Å². The monoisotopic (exact) mass is 358 g/mol. The van der Waals surface area contributed by atoms with Gasteiger partial charge in [0.2, 0.25) is 0 Å². The van der Waals surface area contributed by atoms with Crippen LogP contribution in [0.1, 0.15) is 56.9 Å². The number of rotatable bonds is 7. The molecule has 1 fully saturated rings. The van der Waals surface area contributed by atoms with Crippen molar-refractivity contribution in [2.45, 2.75) is 57.8 Å². The number of esters is 1. The van der Waals surface area contributed by atoms with Gasteiger partial charge in [-0.25, -0.2) is 0 Å². The molecule has 0 aromatic heterocycles. The molecule has 0 N–H and O–H groups in total. The summed E-state index contributed by atoms with van der Waals surface area (Å²) < 4.78 is 16.3. The number of hydrogen-bond donors (Lipinski definition) is 0. The van der Waals surface area contributed by atoms with Crippen molar-refractivity contribution in [3.63, 3.8) is 0 Å². The summed E-state index contributed by atoms with van der Waals surface area (Å²) in [4.78, 5) is 11.3. The van der Waals surface area contributed by atoms with E-state index in [0.29, 0.717) is 24.9 Å². The topological polar surface area (TPSA) is 44.8 Å². The van der Waals surface area contributed by atoms with Crippen molar-refractivity contribution in [3.05, 3.63) is 35.4 Å². The van der Waals surface area contributed by atoms with Crippen LogP contribution >= 0.6 is 0 Å². The van der Waals surface area contributed by atoms with Crippen LogP contribution in [0.15, 0.2) is 29.8 Å². The Morgan fingerprint density at radius 3 is 2.58 bits per heavy atom. The molecule has 1 aromatic carbocycles. The van der Waals surface area contributed by atoms with Gasteiger partial charge in [0.25, 0.3) is 0 Å². The number of carbonyl (C=O) groups is 1. The van der Waals surface area contributed by atoms with E-state index in [1.165, 1.54) is 51.2 Å². The van der Waals surface area contributed by atoms with Crippen LogP contribution in [-0.2, 0) is 16.0 Å². The summed E-state index contributed by atoms with van der Waals surface area (Å²) in [6, 6.07) is 5.89. The molecule has 3 rings (SSSR count). The largest absolute Gasteiger partial charge is 0.493 e. The van der Waals surface area contributed by atoms with Gasteiger partial charge in [0, 0.05) is 6.42 Å². The first-order valence-corrected chi connectivity index (χ1v) is 9.71. The summed E-state index contributed by atoms with van der Waals surface area (Å²) in [5, 5.41) is 0. The fourth-order valence-electron chi connectivity index (χ4n) is 4.34. The second-order valence-electron chi connectivity index (χ2n) is 7.58. The van der Waals surface area contributed by atoms with E-state index in [9.17, 15) is 4.79 Å². The lowest BCUT2D eigenvalue weighted by Crippen LogP contribution is -2.19. The first-order chi connectivity index (χ1) is 12.6. The minimum absolute atomic E-state index is 0.200. The first-order valence-electron chi connectivity index (χ1n) is 9.71. The molecule has 1 aromatic rings. The molecular weight excluding hydrogens is 328 g/mol. The van der Waals surface area contributed by atoms with Gasteiger partial charge in [0.1, 0.15) is 6.61 Å². The van der Waals surface area contributed by atoms with Gasteiger partial charge in [0.15, 0.2) is 11.5 Å². The van der Waals surface area contributed by atoms with Gasteiger partial charge in [0.05, 0.1) is 14.2 Å². The molecule has 1 saturated carbocycles. The van der Waals surface area contributed by atoms with Crippen LogP contribution in [0.2, 0.25) is 0 Å². The molecule has 26 heavy (non-hydrogen) atoms. The number of aryl methyl sites for hydroxylation is 1. The molecule has 0 aliphatic heterocycles. The molecule has 0 radical (unpaired) electrons. The first kappa shape index (κ1) is 18.8. The minimum Gasteiger partial charge on any atom is -0.493 e. The fourth-order valence-corrected chi connectivity index (χ4v) is 4.34. The minimum atomic E-state index is -0.200. The third kappa shape index (κ3) is 4.60. The molecule has 1 spiro atoms. The Kier molecular flexibility index (Phi) is 6.23. The highest BCUT2D eigenvalue weighted by Gasteiger charge is 2.33. The fraction of sp³-hybridized carbons (Fsp3) is 0.591. The molecule has 142 valence electrons. The Labute approximate surface area is 156 Å². The zero-order valence-electron chi connectivity index (χ0n) is 16.0. The van der Waals surface area contributed by atoms with Crippen molar-refractivity contribution < 1.29 is 19.0 Å². The van der Waals surface area contributed by atoms with Crippen LogP contribution < -0.4 is 9.47 Å². The summed E-state index contributed by atoms with van der Waals surface area (Å²) in [5.74, 6) is 1.29. The van der Waals surface area contributed by atoms with Crippen LogP contribution in [0.3, 0.4) is 0 Å². The highest BCUT2D eigenvalue weighted by atomic mass is 16.5. The SMILES string of the molecule is COC(=O)CCc1ccc(OCC2=CC3(CCCC3)CCC2)c(OC)c1. The van der Waals surface area contributed by atoms with Gasteiger partial charge in [-0.1, -0.05) is 25.0 Å². The van der Waals surface area contributed by atoms with Crippen molar-refractivity contribution in [2.75, 3.05) is 20.8 Å². The Morgan fingerprint density at radius 2 is 1.85 bits per heavy atom. The second-order valence-corrected chi connectivity index (χ2v) is 7.58. The van der Waals surface area contributed by atoms with Crippen LogP contribution in [0, 0.1) is 5.41 Å². The summed E-state index contributed by atoms with van der Waals surface area (Å²) in [6.07, 6.45) is 12.7. The number of benzene rings is 1. The summed E-state index contributed by atoms with van der Waals surface area (Å²) in [5.41, 5.74) is 2.93. The van der Waals surface area contributed by atoms with Gasteiger partial charge >= 0.3 is 5.97 Å². The van der Waals surface area contributed by atoms with Gasteiger partial charge in [-0.2, -0.15) is 0 Å². The third-order valence-electron chi connectivity index (χ3n) is 5.77. The lowest BCUT2D eigenvalue weighted by molar-refractivity contribution is -0.140. The van der Waals surface area contributed by atoms with Crippen LogP contribution in [0.5, 0.6) is 11.5 Å². The molecule has 0 bridgehead atoms. The van der Waals surface area contributed by atoms with Crippen molar-refractivity contribution in [2.24, 2.45) is 5.41 Å². The molecule has 4 nitrogen and oxygen atoms in total. The molecule has 0 amide bonds. The average molecular weight is 358 g/mol. The van der Waals surface area contributed by atoms with Crippen LogP contribution in [-0.4, -0.2) is 26.8 Å². The Morgan fingerprint density at radius 1 is 1.08 bits per heavy atom. The number of ether oxygens (including phenoxy) is 3. The number of allylic oxidation sites excluding steroid dienone is 1. The number of hydrogen-bond acceptors (Lipinski definition) is 4. The summed E-state index contributed by atoms with van der Waals surface area (Å²) in [7, 11) is 3.06. The Bertz CT molecular complexity index is 656. The average Bonchev–Trinajstić information content (AvgIpc) is 3.12. The molecule has 2 aliphatic carbocycles. The van der Waals surface area contributed by atoms with E-state index in [-0.39, 0.29) is 5.97 Å². The van der Waals surface area contributed by atoms with Gasteiger partial charge < -0.3 is 14.2 Å². The maximum Gasteiger partial charge on any atom is 0.305 e. The number of methoxy groups -OCH3 is 2. The van der Waals surface area contributed by atoms with Crippen molar-refractivity contribution in [3.8, 4) is 11.5 Å². The quantitative estimate of drug-likeness (QED) is 0.516. The van der Waals surface area contributed by atoms with Crippen molar-refractivity contribution >= 4 is 5.97 Å². The zero-order chi connectivity index (χ0) is 18.4. The van der Waals surface area contributed by atoms with Crippen molar-refractivity contribution in [1.29, 1.82) is 0 Å². The van der Waals surface area contributed by atoms with E-state index in [4.69, 9.17) is 14.2 Å². The van der Waals surface area contributed by atoms with Gasteiger partial charge in [-0.05, 0) is 67.2 Å². The Balaban J connectivity index is 1.62. The molecular formula is C22H30O4. The van der Waals surface area contributed by atoms with E-state index in [1.54, 1.807) is 7.11 Å². The smallest absolute Gasteiger partial charge is 0.305 e. The van der Waals surface area contributed by atoms with Gasteiger partial charge in [-0.15, -0.1) is 0 Å². The van der Waals surface area contributed by atoms with E-state index < -0.39 is 0 Å². The lowest BCUT2D eigenvalue weighted by Gasteiger charge is -2.31. The second kappa shape index (κ2) is 8.61. The highest BCUT2D eigenvalue weighted by Crippen LogP contribution is 2.47. The Hall–Kier alpha value is -1.97. The summed E-state index contributed by atoms with van der Waals surface area (Å²) >= 11 is 0. The zero-order valence-corrected chi connectivity index (χ0v) is 16.0. The van der Waals surface area contributed by atoms with Gasteiger partial charge in [-0.3, -0.25) is 4.79 Å².